The van der Waals surface area contributed by atoms with Gasteiger partial charge in [-0.1, -0.05) is 12.1 Å². The van der Waals surface area contributed by atoms with E-state index in [1.165, 1.54) is 12.1 Å². The molecule has 98 valence electrons. The lowest BCUT2D eigenvalue weighted by molar-refractivity contribution is 0.0728. The second kappa shape index (κ2) is 4.38. The third-order valence-corrected chi connectivity index (χ3v) is 3.36. The maximum Gasteiger partial charge on any atom is 0.257 e. The number of fused-ring (bicyclic) bond motifs is 1. The van der Waals surface area contributed by atoms with Crippen molar-refractivity contribution in [1.29, 1.82) is 0 Å². The first kappa shape index (κ1) is 11.7. The first-order chi connectivity index (χ1) is 9.16. The minimum Gasteiger partial charge on any atom is -0.382 e. The van der Waals surface area contributed by atoms with Crippen molar-refractivity contribution in [3.05, 3.63) is 46.9 Å². The number of benzene rings is 1. The predicted molar refractivity (Wildman–Crippen MR) is 67.8 cm³/mol. The highest BCUT2D eigenvalue weighted by Gasteiger charge is 2.26. The highest BCUT2D eigenvalue weighted by Crippen LogP contribution is 2.23. The fourth-order valence-electron chi connectivity index (χ4n) is 2.32. The largest absolute Gasteiger partial charge is 0.382 e. The molecule has 6 heteroatoms. The van der Waals surface area contributed by atoms with Gasteiger partial charge in [-0.25, -0.2) is 4.39 Å². The molecule has 0 unspecified atom stereocenters. The lowest BCUT2D eigenvalue weighted by Crippen LogP contribution is -2.36. The molecule has 1 aliphatic heterocycles. The maximum atomic E-state index is 13.6. The Morgan fingerprint density at radius 1 is 1.42 bits per heavy atom. The molecule has 1 aromatic carbocycles. The number of nitrogens with one attached hydrogen (secondary N) is 1. The Morgan fingerprint density at radius 2 is 2.21 bits per heavy atom. The van der Waals surface area contributed by atoms with E-state index in [1.807, 2.05) is 0 Å². The van der Waals surface area contributed by atoms with Crippen molar-refractivity contribution in [2.75, 3.05) is 12.3 Å². The van der Waals surface area contributed by atoms with Crippen molar-refractivity contribution in [3.63, 3.8) is 0 Å². The molecule has 0 radical (unpaired) electrons. The van der Waals surface area contributed by atoms with Crippen molar-refractivity contribution in [2.45, 2.75) is 13.0 Å². The van der Waals surface area contributed by atoms with Gasteiger partial charge in [0.25, 0.3) is 5.91 Å². The fraction of sp³-hybridized carbons (Fsp3) is 0.231. The van der Waals surface area contributed by atoms with Gasteiger partial charge in [0.1, 0.15) is 11.6 Å². The average Bonchev–Trinajstić information content (AvgIpc) is 2.80. The molecule has 0 fully saturated rings. The first-order valence-electron chi connectivity index (χ1n) is 6.02. The van der Waals surface area contributed by atoms with E-state index in [9.17, 15) is 9.18 Å². The van der Waals surface area contributed by atoms with Crippen LogP contribution in [0.3, 0.4) is 0 Å². The zero-order chi connectivity index (χ0) is 13.4. The highest BCUT2D eigenvalue weighted by atomic mass is 19.1. The van der Waals surface area contributed by atoms with Crippen LogP contribution in [-0.4, -0.2) is 27.5 Å². The SMILES string of the molecule is Nc1n[nH]c2c1CCN(C(=O)c1ccccc1F)C2. The molecule has 0 spiro atoms. The summed E-state index contributed by atoms with van der Waals surface area (Å²) in [4.78, 5) is 13.9. The lowest BCUT2D eigenvalue weighted by atomic mass is 10.1. The van der Waals surface area contributed by atoms with Crippen molar-refractivity contribution in [2.24, 2.45) is 0 Å². The summed E-state index contributed by atoms with van der Waals surface area (Å²) >= 11 is 0. The molecule has 0 aliphatic carbocycles. The number of carbonyl (C=O) groups is 1. The van der Waals surface area contributed by atoms with E-state index in [1.54, 1.807) is 17.0 Å². The molecule has 5 nitrogen and oxygen atoms in total. The molecule has 1 amide bonds. The number of nitrogens with zero attached hydrogens (tertiary/aromatic N) is 2. The third kappa shape index (κ3) is 1.95. The molecular formula is C13H13FN4O. The van der Waals surface area contributed by atoms with Gasteiger partial charge in [0.15, 0.2) is 0 Å². The summed E-state index contributed by atoms with van der Waals surface area (Å²) in [5, 5.41) is 6.74. The molecule has 2 heterocycles. The molecule has 0 saturated carbocycles. The Balaban J connectivity index is 1.86. The molecular weight excluding hydrogens is 247 g/mol. The van der Waals surface area contributed by atoms with Gasteiger partial charge >= 0.3 is 0 Å². The van der Waals surface area contributed by atoms with Gasteiger partial charge in [0.05, 0.1) is 17.8 Å². The summed E-state index contributed by atoms with van der Waals surface area (Å²) in [7, 11) is 0. The molecule has 0 atom stereocenters. The molecule has 0 saturated heterocycles. The average molecular weight is 260 g/mol. The molecule has 1 aromatic heterocycles. The summed E-state index contributed by atoms with van der Waals surface area (Å²) < 4.78 is 13.6. The Labute approximate surface area is 109 Å². The van der Waals surface area contributed by atoms with Crippen LogP contribution in [0.4, 0.5) is 10.2 Å². The number of aromatic nitrogens is 2. The first-order valence-corrected chi connectivity index (χ1v) is 6.02. The van der Waals surface area contributed by atoms with Crippen LogP contribution in [0.25, 0.3) is 0 Å². The number of carbonyl (C=O) groups excluding carboxylic acids is 1. The van der Waals surface area contributed by atoms with Gasteiger partial charge < -0.3 is 10.6 Å². The quantitative estimate of drug-likeness (QED) is 0.812. The zero-order valence-corrected chi connectivity index (χ0v) is 10.2. The van der Waals surface area contributed by atoms with E-state index in [-0.39, 0.29) is 11.5 Å². The fourth-order valence-corrected chi connectivity index (χ4v) is 2.32. The van der Waals surface area contributed by atoms with E-state index in [2.05, 4.69) is 10.2 Å². The summed E-state index contributed by atoms with van der Waals surface area (Å²) in [6, 6.07) is 6.00. The molecule has 19 heavy (non-hydrogen) atoms. The van der Waals surface area contributed by atoms with E-state index in [0.717, 1.165) is 11.3 Å². The van der Waals surface area contributed by atoms with Crippen molar-refractivity contribution >= 4 is 11.7 Å². The number of nitrogens with two attached hydrogens (primary N) is 1. The number of hydrogen-bond acceptors (Lipinski definition) is 3. The normalized spacial score (nSPS) is 14.3. The molecule has 3 N–H and O–H groups in total. The minimum atomic E-state index is -0.498. The third-order valence-electron chi connectivity index (χ3n) is 3.36. The summed E-state index contributed by atoms with van der Waals surface area (Å²) in [5.74, 6) is -0.327. The molecule has 2 aromatic rings. The zero-order valence-electron chi connectivity index (χ0n) is 10.2. The second-order valence-electron chi connectivity index (χ2n) is 4.52. The number of aromatic amines is 1. The number of anilines is 1. The van der Waals surface area contributed by atoms with E-state index in [4.69, 9.17) is 5.73 Å². The Morgan fingerprint density at radius 3 is 3.00 bits per heavy atom. The topological polar surface area (TPSA) is 75.0 Å². The van der Waals surface area contributed by atoms with Crippen LogP contribution in [0, 0.1) is 5.82 Å². The van der Waals surface area contributed by atoms with Gasteiger partial charge in [-0.2, -0.15) is 5.10 Å². The van der Waals surface area contributed by atoms with Crippen molar-refractivity contribution in [1.82, 2.24) is 15.1 Å². The standard InChI is InChI=1S/C13H13FN4O/c14-10-4-2-1-3-8(10)13(19)18-6-5-9-11(7-18)16-17-12(9)15/h1-4H,5-7H2,(H3,15,16,17). The molecule has 3 rings (SSSR count). The predicted octanol–water partition coefficient (Wildman–Crippen LogP) is 1.33. The summed E-state index contributed by atoms with van der Waals surface area (Å²) in [6.45, 7) is 0.899. The number of halogens is 1. The van der Waals surface area contributed by atoms with Crippen LogP contribution in [0.15, 0.2) is 24.3 Å². The van der Waals surface area contributed by atoms with Crippen molar-refractivity contribution in [3.8, 4) is 0 Å². The van der Waals surface area contributed by atoms with Gasteiger partial charge in [0, 0.05) is 12.1 Å². The number of amides is 1. The Hall–Kier alpha value is -2.37. The van der Waals surface area contributed by atoms with Crippen molar-refractivity contribution < 1.29 is 9.18 Å². The van der Waals surface area contributed by atoms with Gasteiger partial charge in [-0.05, 0) is 18.6 Å². The highest BCUT2D eigenvalue weighted by molar-refractivity contribution is 5.94. The smallest absolute Gasteiger partial charge is 0.257 e. The molecule has 1 aliphatic rings. The van der Waals surface area contributed by atoms with Crippen LogP contribution in [-0.2, 0) is 13.0 Å². The van der Waals surface area contributed by atoms with E-state index in [0.29, 0.717) is 25.3 Å². The monoisotopic (exact) mass is 260 g/mol. The summed E-state index contributed by atoms with van der Waals surface area (Å²) in [5.41, 5.74) is 7.59. The van der Waals surface area contributed by atoms with Crippen LogP contribution in [0.2, 0.25) is 0 Å². The second-order valence-corrected chi connectivity index (χ2v) is 4.52. The Bertz CT molecular complexity index is 637. The van der Waals surface area contributed by atoms with Crippen LogP contribution < -0.4 is 5.73 Å². The van der Waals surface area contributed by atoms with E-state index < -0.39 is 5.82 Å². The van der Waals surface area contributed by atoms with Crippen LogP contribution >= 0.6 is 0 Å². The maximum absolute atomic E-state index is 13.6. The van der Waals surface area contributed by atoms with Crippen LogP contribution in [0.5, 0.6) is 0 Å². The number of hydrogen-bond donors (Lipinski definition) is 2. The van der Waals surface area contributed by atoms with Gasteiger partial charge in [-0.3, -0.25) is 9.89 Å². The Kier molecular flexibility index (Phi) is 2.70. The number of rotatable bonds is 1. The minimum absolute atomic E-state index is 0.0958. The van der Waals surface area contributed by atoms with Gasteiger partial charge in [0.2, 0.25) is 0 Å². The summed E-state index contributed by atoms with van der Waals surface area (Å²) in [6.07, 6.45) is 0.637. The number of nitrogen functional groups attached to an aromatic ring is 1. The number of H-pyrrole nitrogens is 1. The lowest BCUT2D eigenvalue weighted by Gasteiger charge is -2.26. The van der Waals surface area contributed by atoms with E-state index >= 15 is 0 Å². The van der Waals surface area contributed by atoms with Gasteiger partial charge in [-0.15, -0.1) is 0 Å². The van der Waals surface area contributed by atoms with Crippen LogP contribution in [0.1, 0.15) is 21.6 Å². The molecule has 0 bridgehead atoms.